The summed E-state index contributed by atoms with van der Waals surface area (Å²) in [6, 6.07) is 15.6. The number of benzene rings is 2. The smallest absolute Gasteiger partial charge is 0.239 e. The Morgan fingerprint density at radius 3 is 2.62 bits per heavy atom. The fourth-order valence-corrected chi connectivity index (χ4v) is 4.19. The fourth-order valence-electron chi connectivity index (χ4n) is 2.27. The maximum Gasteiger partial charge on any atom is 0.239 e. The highest BCUT2D eigenvalue weighted by Gasteiger charge is 2.22. The van der Waals surface area contributed by atoms with Crippen molar-refractivity contribution in [2.45, 2.75) is 17.9 Å². The van der Waals surface area contributed by atoms with Gasteiger partial charge in [-0.2, -0.15) is 0 Å². The lowest BCUT2D eigenvalue weighted by Gasteiger charge is -2.12. The molecule has 0 saturated heterocycles. The van der Waals surface area contributed by atoms with Crippen molar-refractivity contribution < 1.29 is 13.4 Å². The number of thiazole rings is 1. The Kier molecular flexibility index (Phi) is 5.90. The van der Waals surface area contributed by atoms with E-state index < -0.39 is 27.8 Å². The van der Waals surface area contributed by atoms with Crippen LogP contribution in [0.3, 0.4) is 0 Å². The monoisotopic (exact) mass is 388 g/mol. The lowest BCUT2D eigenvalue weighted by Crippen LogP contribution is -2.30. The molecule has 1 heterocycles. The third kappa shape index (κ3) is 4.42. The molecule has 3 aromatic rings. The van der Waals surface area contributed by atoms with Crippen molar-refractivity contribution in [2.75, 3.05) is 5.32 Å². The molecule has 26 heavy (non-hydrogen) atoms. The van der Waals surface area contributed by atoms with Gasteiger partial charge in [-0.15, -0.1) is 11.3 Å². The summed E-state index contributed by atoms with van der Waals surface area (Å²) >= 11 is 1.47. The zero-order valence-electron chi connectivity index (χ0n) is 14.0. The minimum absolute atomic E-state index is 0.0846. The van der Waals surface area contributed by atoms with E-state index in [9.17, 15) is 13.4 Å². The minimum Gasteiger partial charge on any atom is -0.323 e. The first kappa shape index (κ1) is 18.4. The van der Waals surface area contributed by atoms with Crippen LogP contribution >= 0.6 is 11.3 Å². The second kappa shape index (κ2) is 8.33. The third-order valence-corrected chi connectivity index (χ3v) is 6.28. The number of rotatable bonds is 6. The van der Waals surface area contributed by atoms with Crippen LogP contribution in [0.5, 0.6) is 0 Å². The van der Waals surface area contributed by atoms with Crippen molar-refractivity contribution >= 4 is 33.7 Å². The lowest BCUT2D eigenvalue weighted by molar-refractivity contribution is -0.115. The SMILES string of the molecule is C[C@H](C(=O)Nc1ccccc1F)[S@](=O)Cc1csc(-c2ccccc2)n1. The van der Waals surface area contributed by atoms with Gasteiger partial charge < -0.3 is 5.32 Å². The number of carbonyl (C=O) groups excluding carboxylic acids is 1. The lowest BCUT2D eigenvalue weighted by atomic mass is 10.2. The minimum atomic E-state index is -1.46. The summed E-state index contributed by atoms with van der Waals surface area (Å²) < 4.78 is 26.1. The quantitative estimate of drug-likeness (QED) is 0.688. The Balaban J connectivity index is 1.63. The van der Waals surface area contributed by atoms with Gasteiger partial charge in [-0.05, 0) is 19.1 Å². The first-order valence-corrected chi connectivity index (χ1v) is 10.2. The van der Waals surface area contributed by atoms with Gasteiger partial charge in [0.25, 0.3) is 0 Å². The fraction of sp³-hybridized carbons (Fsp3) is 0.158. The second-order valence-electron chi connectivity index (χ2n) is 5.65. The molecule has 0 saturated carbocycles. The van der Waals surface area contributed by atoms with Crippen LogP contribution in [0.25, 0.3) is 10.6 Å². The van der Waals surface area contributed by atoms with Gasteiger partial charge in [-0.3, -0.25) is 9.00 Å². The molecule has 0 aliphatic heterocycles. The predicted molar refractivity (Wildman–Crippen MR) is 104 cm³/mol. The Morgan fingerprint density at radius 1 is 1.19 bits per heavy atom. The highest BCUT2D eigenvalue weighted by Crippen LogP contribution is 2.24. The van der Waals surface area contributed by atoms with Gasteiger partial charge in [0, 0.05) is 21.7 Å². The largest absolute Gasteiger partial charge is 0.323 e. The molecule has 1 aromatic heterocycles. The molecule has 2 aromatic carbocycles. The van der Waals surface area contributed by atoms with Crippen LogP contribution in [0, 0.1) is 5.82 Å². The van der Waals surface area contributed by atoms with Crippen molar-refractivity contribution in [3.05, 3.63) is 71.5 Å². The molecule has 0 aliphatic carbocycles. The van der Waals surface area contributed by atoms with Crippen molar-refractivity contribution in [1.82, 2.24) is 4.98 Å². The molecule has 0 spiro atoms. The van der Waals surface area contributed by atoms with Gasteiger partial charge in [-0.1, -0.05) is 42.5 Å². The van der Waals surface area contributed by atoms with Crippen molar-refractivity contribution in [1.29, 1.82) is 0 Å². The molecule has 3 rings (SSSR count). The maximum absolute atomic E-state index is 13.6. The van der Waals surface area contributed by atoms with Crippen molar-refractivity contribution in [2.24, 2.45) is 0 Å². The summed E-state index contributed by atoms with van der Waals surface area (Å²) in [5.74, 6) is -0.826. The number of halogens is 1. The summed E-state index contributed by atoms with van der Waals surface area (Å²) in [6.07, 6.45) is 0. The van der Waals surface area contributed by atoms with Gasteiger partial charge in [0.1, 0.15) is 16.1 Å². The summed E-state index contributed by atoms with van der Waals surface area (Å²) in [6.45, 7) is 1.57. The number of nitrogens with zero attached hydrogens (tertiary/aromatic N) is 1. The van der Waals surface area contributed by atoms with E-state index in [-0.39, 0.29) is 11.4 Å². The molecule has 0 fully saturated rings. The Bertz CT molecular complexity index is 928. The highest BCUT2D eigenvalue weighted by atomic mass is 32.2. The first-order chi connectivity index (χ1) is 12.5. The summed E-state index contributed by atoms with van der Waals surface area (Å²) in [5.41, 5.74) is 1.76. The van der Waals surface area contributed by atoms with Crippen molar-refractivity contribution in [3.8, 4) is 10.6 Å². The molecule has 0 bridgehead atoms. The summed E-state index contributed by atoms with van der Waals surface area (Å²) in [7, 11) is -1.46. The van der Waals surface area contributed by atoms with Gasteiger partial charge >= 0.3 is 0 Å². The molecule has 0 aliphatic rings. The molecular weight excluding hydrogens is 371 g/mol. The van der Waals surface area contributed by atoms with Gasteiger partial charge in [0.2, 0.25) is 5.91 Å². The highest BCUT2D eigenvalue weighted by molar-refractivity contribution is 7.85. The van der Waals surface area contributed by atoms with Crippen LogP contribution in [0.1, 0.15) is 12.6 Å². The van der Waals surface area contributed by atoms with E-state index in [0.717, 1.165) is 10.6 Å². The number of amides is 1. The van der Waals surface area contributed by atoms with E-state index in [1.807, 2.05) is 35.7 Å². The Hall–Kier alpha value is -2.38. The van der Waals surface area contributed by atoms with E-state index in [0.29, 0.717) is 5.69 Å². The number of nitrogens with one attached hydrogen (secondary N) is 1. The zero-order valence-corrected chi connectivity index (χ0v) is 15.6. The van der Waals surface area contributed by atoms with E-state index in [1.165, 1.54) is 23.5 Å². The third-order valence-electron chi connectivity index (χ3n) is 3.76. The Morgan fingerprint density at radius 2 is 1.88 bits per heavy atom. The number of hydrogen-bond acceptors (Lipinski definition) is 4. The average Bonchev–Trinajstić information content (AvgIpc) is 3.12. The van der Waals surface area contributed by atoms with Crippen LogP contribution in [-0.2, 0) is 21.3 Å². The molecule has 2 atom stereocenters. The number of anilines is 1. The van der Waals surface area contributed by atoms with E-state index in [4.69, 9.17) is 0 Å². The molecular formula is C19H17FN2O2S2. The topological polar surface area (TPSA) is 59.1 Å². The Labute approximate surface area is 157 Å². The van der Waals surface area contributed by atoms with Crippen LogP contribution in [0.15, 0.2) is 60.0 Å². The predicted octanol–water partition coefficient (Wildman–Crippen LogP) is 4.23. The van der Waals surface area contributed by atoms with Gasteiger partial charge in [0.15, 0.2) is 0 Å². The standard InChI is InChI=1S/C19H17FN2O2S2/c1-13(18(23)22-17-10-6-5-9-16(17)20)26(24)12-15-11-25-19(21-15)14-7-3-2-4-8-14/h2-11,13H,12H2,1H3,(H,22,23)/t13-,26-/m1/s1. The van der Waals surface area contributed by atoms with E-state index in [1.54, 1.807) is 19.1 Å². The molecule has 1 amide bonds. The molecule has 4 nitrogen and oxygen atoms in total. The van der Waals surface area contributed by atoms with Crippen LogP contribution in [0.2, 0.25) is 0 Å². The summed E-state index contributed by atoms with van der Waals surface area (Å²) in [4.78, 5) is 16.7. The van der Waals surface area contributed by atoms with Crippen molar-refractivity contribution in [3.63, 3.8) is 0 Å². The molecule has 134 valence electrons. The number of carbonyl (C=O) groups is 1. The number of aromatic nitrogens is 1. The van der Waals surface area contributed by atoms with Crippen LogP contribution in [0.4, 0.5) is 10.1 Å². The molecule has 1 N–H and O–H groups in total. The van der Waals surface area contributed by atoms with E-state index >= 15 is 0 Å². The first-order valence-electron chi connectivity index (χ1n) is 7.97. The number of para-hydroxylation sites is 1. The molecule has 7 heteroatoms. The van der Waals surface area contributed by atoms with Gasteiger partial charge in [0.05, 0.1) is 17.1 Å². The normalized spacial score (nSPS) is 13.2. The van der Waals surface area contributed by atoms with Gasteiger partial charge in [-0.25, -0.2) is 9.37 Å². The maximum atomic E-state index is 13.6. The average molecular weight is 388 g/mol. The number of hydrogen-bond donors (Lipinski definition) is 1. The summed E-state index contributed by atoms with van der Waals surface area (Å²) in [5, 5.41) is 4.40. The van der Waals surface area contributed by atoms with Crippen LogP contribution in [-0.4, -0.2) is 20.3 Å². The molecule has 0 radical (unpaired) electrons. The van der Waals surface area contributed by atoms with E-state index in [2.05, 4.69) is 10.3 Å². The zero-order chi connectivity index (χ0) is 18.5. The van der Waals surface area contributed by atoms with Crippen LogP contribution < -0.4 is 5.32 Å². The second-order valence-corrected chi connectivity index (χ2v) is 8.26. The molecule has 0 unspecified atom stereocenters.